The van der Waals surface area contributed by atoms with Crippen molar-refractivity contribution < 1.29 is 17.9 Å². The van der Waals surface area contributed by atoms with E-state index in [0.717, 1.165) is 10.1 Å². The molecular formula is C20H26N4O5S2. The predicted octanol–water partition coefficient (Wildman–Crippen LogP) is 2.34. The molecule has 2 heterocycles. The summed E-state index contributed by atoms with van der Waals surface area (Å²) in [7, 11) is -4.05. The molecule has 0 aliphatic carbocycles. The fourth-order valence-corrected chi connectivity index (χ4v) is 5.21. The average molecular weight is 467 g/mol. The summed E-state index contributed by atoms with van der Waals surface area (Å²) >= 11 is 1.27. The molecule has 3 aromatic rings. The van der Waals surface area contributed by atoms with Gasteiger partial charge >= 0.3 is 0 Å². The van der Waals surface area contributed by atoms with E-state index in [0.29, 0.717) is 47.5 Å². The van der Waals surface area contributed by atoms with Gasteiger partial charge in [0.15, 0.2) is 16.4 Å². The zero-order chi connectivity index (χ0) is 22.6. The van der Waals surface area contributed by atoms with E-state index in [4.69, 9.17) is 9.47 Å². The number of benzene rings is 1. The number of hydrogen-bond donors (Lipinski definition) is 1. The maximum atomic E-state index is 12.9. The van der Waals surface area contributed by atoms with E-state index in [1.807, 2.05) is 32.9 Å². The summed E-state index contributed by atoms with van der Waals surface area (Å²) in [5, 5.41) is 4.88. The molecule has 1 aromatic carbocycles. The molecule has 9 nitrogen and oxygen atoms in total. The molecule has 0 radical (unpaired) electrons. The van der Waals surface area contributed by atoms with Crippen LogP contribution in [0.25, 0.3) is 4.96 Å². The molecule has 168 valence electrons. The highest BCUT2D eigenvalue weighted by atomic mass is 32.2. The Balaban J connectivity index is 1.79. The molecule has 0 saturated heterocycles. The number of aromatic nitrogens is 3. The third-order valence-corrected chi connectivity index (χ3v) is 7.11. The number of sulfonamides is 1. The van der Waals surface area contributed by atoms with E-state index in [9.17, 15) is 13.2 Å². The molecule has 0 amide bonds. The first-order chi connectivity index (χ1) is 14.8. The van der Waals surface area contributed by atoms with Crippen molar-refractivity contribution in [1.29, 1.82) is 0 Å². The van der Waals surface area contributed by atoms with Crippen LogP contribution in [0.15, 0.2) is 27.9 Å². The summed E-state index contributed by atoms with van der Waals surface area (Å²) in [4.78, 5) is 17.1. The van der Waals surface area contributed by atoms with Crippen LogP contribution in [0.1, 0.15) is 37.0 Å². The third kappa shape index (κ3) is 5.05. The molecule has 2 aromatic heterocycles. The van der Waals surface area contributed by atoms with Gasteiger partial charge in [0.25, 0.3) is 5.56 Å². The van der Waals surface area contributed by atoms with E-state index in [1.54, 1.807) is 6.07 Å². The minimum absolute atomic E-state index is 0.112. The van der Waals surface area contributed by atoms with Gasteiger partial charge in [-0.05, 0) is 51.3 Å². The van der Waals surface area contributed by atoms with Crippen molar-refractivity contribution >= 4 is 26.3 Å². The maximum absolute atomic E-state index is 12.9. The van der Waals surface area contributed by atoms with Gasteiger partial charge in [0.2, 0.25) is 15.0 Å². The number of ether oxygens (including phenoxy) is 2. The van der Waals surface area contributed by atoms with Crippen molar-refractivity contribution in [2.24, 2.45) is 0 Å². The fourth-order valence-electron chi connectivity index (χ4n) is 3.08. The monoisotopic (exact) mass is 466 g/mol. The van der Waals surface area contributed by atoms with E-state index < -0.39 is 15.6 Å². The zero-order valence-electron chi connectivity index (χ0n) is 18.0. The molecule has 0 bridgehead atoms. The second-order valence-corrected chi connectivity index (χ2v) is 9.41. The summed E-state index contributed by atoms with van der Waals surface area (Å²) in [5.74, 6) is 1.26. The standard InChI is InChI=1S/C20H26N4O5S2/c1-5-17-23-24-19(25)18(13(4)22-20(24)30-17)31(26,27)21-11-10-14-8-9-15(28-6-2)16(12-14)29-7-3/h8-9,12,21H,5-7,10-11H2,1-4H3. The summed E-state index contributed by atoms with van der Waals surface area (Å²) in [5.41, 5.74) is 0.345. The Bertz CT molecular complexity index is 1230. The van der Waals surface area contributed by atoms with Crippen LogP contribution in [-0.4, -0.2) is 42.8 Å². The first kappa shape index (κ1) is 23.2. The lowest BCUT2D eigenvalue weighted by molar-refractivity contribution is 0.287. The summed E-state index contributed by atoms with van der Waals surface area (Å²) in [6.45, 7) is 8.32. The molecule has 0 unspecified atom stereocenters. The first-order valence-corrected chi connectivity index (χ1v) is 12.4. The normalized spacial score (nSPS) is 11.7. The number of nitrogens with one attached hydrogen (secondary N) is 1. The molecule has 0 aliphatic rings. The van der Waals surface area contributed by atoms with Crippen LogP contribution in [0, 0.1) is 6.92 Å². The van der Waals surface area contributed by atoms with E-state index in [1.165, 1.54) is 18.3 Å². The van der Waals surface area contributed by atoms with Crippen molar-refractivity contribution in [1.82, 2.24) is 19.3 Å². The first-order valence-electron chi connectivity index (χ1n) is 10.1. The molecule has 0 aliphatic heterocycles. The van der Waals surface area contributed by atoms with Crippen LogP contribution in [0.4, 0.5) is 0 Å². The lowest BCUT2D eigenvalue weighted by atomic mass is 10.1. The van der Waals surface area contributed by atoms with Crippen LogP contribution in [0.2, 0.25) is 0 Å². The Kier molecular flexibility index (Phi) is 7.29. The average Bonchev–Trinajstić information content (AvgIpc) is 3.13. The molecule has 3 rings (SSSR count). The molecule has 0 atom stereocenters. The predicted molar refractivity (Wildman–Crippen MR) is 119 cm³/mol. The van der Waals surface area contributed by atoms with Gasteiger partial charge in [-0.3, -0.25) is 4.79 Å². The van der Waals surface area contributed by atoms with Gasteiger partial charge in [-0.2, -0.15) is 9.61 Å². The van der Waals surface area contributed by atoms with Crippen molar-refractivity contribution in [3.63, 3.8) is 0 Å². The minimum atomic E-state index is -4.05. The van der Waals surface area contributed by atoms with Gasteiger partial charge in [0.1, 0.15) is 5.01 Å². The van der Waals surface area contributed by atoms with E-state index in [-0.39, 0.29) is 17.1 Å². The van der Waals surface area contributed by atoms with Gasteiger partial charge in [0, 0.05) is 6.54 Å². The topological polar surface area (TPSA) is 112 Å². The van der Waals surface area contributed by atoms with Gasteiger partial charge in [-0.1, -0.05) is 24.3 Å². The van der Waals surface area contributed by atoms with Gasteiger partial charge in [0.05, 0.1) is 18.9 Å². The summed E-state index contributed by atoms with van der Waals surface area (Å²) in [6, 6.07) is 5.50. The van der Waals surface area contributed by atoms with Crippen LogP contribution >= 0.6 is 11.3 Å². The second-order valence-electron chi connectivity index (χ2n) is 6.67. The van der Waals surface area contributed by atoms with E-state index in [2.05, 4.69) is 14.8 Å². The number of hydrogen-bond acceptors (Lipinski definition) is 8. The quantitative estimate of drug-likeness (QED) is 0.488. The Labute approximate surface area is 185 Å². The number of fused-ring (bicyclic) bond motifs is 1. The van der Waals surface area contributed by atoms with Crippen LogP contribution in [0.3, 0.4) is 0 Å². The smallest absolute Gasteiger partial charge is 0.295 e. The van der Waals surface area contributed by atoms with Crippen molar-refractivity contribution in [2.75, 3.05) is 19.8 Å². The zero-order valence-corrected chi connectivity index (χ0v) is 19.6. The SMILES string of the molecule is CCOc1ccc(CCNS(=O)(=O)c2c(C)nc3sc(CC)nn3c2=O)cc1OCC. The highest BCUT2D eigenvalue weighted by Gasteiger charge is 2.25. The lowest BCUT2D eigenvalue weighted by Crippen LogP contribution is -2.33. The fraction of sp³-hybridized carbons (Fsp3) is 0.450. The molecule has 1 N–H and O–H groups in total. The number of aryl methyl sites for hydroxylation is 2. The molecule has 0 fully saturated rings. The summed E-state index contributed by atoms with van der Waals surface area (Å²) < 4.78 is 40.4. The molecule has 0 spiro atoms. The Morgan fingerprint density at radius 1 is 1.13 bits per heavy atom. The Morgan fingerprint density at radius 2 is 1.84 bits per heavy atom. The second kappa shape index (κ2) is 9.75. The van der Waals surface area contributed by atoms with Crippen LogP contribution in [0.5, 0.6) is 11.5 Å². The summed E-state index contributed by atoms with van der Waals surface area (Å²) in [6.07, 6.45) is 1.05. The highest BCUT2D eigenvalue weighted by Crippen LogP contribution is 2.28. The lowest BCUT2D eigenvalue weighted by Gasteiger charge is -2.13. The van der Waals surface area contributed by atoms with Crippen LogP contribution in [-0.2, 0) is 22.9 Å². The van der Waals surface area contributed by atoms with Crippen molar-refractivity contribution in [3.05, 3.63) is 44.8 Å². The van der Waals surface area contributed by atoms with Crippen LogP contribution < -0.4 is 19.8 Å². The number of rotatable bonds is 10. The Morgan fingerprint density at radius 3 is 2.52 bits per heavy atom. The number of nitrogens with zero attached hydrogens (tertiary/aromatic N) is 3. The molecular weight excluding hydrogens is 440 g/mol. The van der Waals surface area contributed by atoms with Crippen molar-refractivity contribution in [3.8, 4) is 11.5 Å². The third-order valence-electron chi connectivity index (χ3n) is 4.47. The molecule has 31 heavy (non-hydrogen) atoms. The van der Waals surface area contributed by atoms with Gasteiger partial charge in [-0.15, -0.1) is 0 Å². The molecule has 0 saturated carbocycles. The minimum Gasteiger partial charge on any atom is -0.490 e. The highest BCUT2D eigenvalue weighted by molar-refractivity contribution is 7.89. The molecule has 11 heteroatoms. The van der Waals surface area contributed by atoms with Crippen molar-refractivity contribution in [2.45, 2.75) is 45.4 Å². The van der Waals surface area contributed by atoms with Gasteiger partial charge in [-0.25, -0.2) is 18.1 Å². The van der Waals surface area contributed by atoms with E-state index >= 15 is 0 Å². The maximum Gasteiger partial charge on any atom is 0.295 e. The Hall–Kier alpha value is -2.50. The largest absolute Gasteiger partial charge is 0.490 e. The van der Waals surface area contributed by atoms with Gasteiger partial charge < -0.3 is 9.47 Å².